The molecule has 0 aliphatic heterocycles. The van der Waals surface area contributed by atoms with Gasteiger partial charge >= 0.3 is 0 Å². The quantitative estimate of drug-likeness (QED) is 0.704. The molecule has 21 heavy (non-hydrogen) atoms. The summed E-state index contributed by atoms with van der Waals surface area (Å²) in [5.74, 6) is 0.826. The number of nitrogens with one attached hydrogen (secondary N) is 1. The lowest BCUT2D eigenvalue weighted by Gasteiger charge is -2.23. The van der Waals surface area contributed by atoms with Crippen molar-refractivity contribution in [1.82, 2.24) is 5.32 Å². The zero-order valence-electron chi connectivity index (χ0n) is 13.4. The second-order valence-corrected chi connectivity index (χ2v) is 6.68. The first-order valence-electron chi connectivity index (χ1n) is 7.87. The maximum Gasteiger partial charge on any atom is 0.0641 e. The lowest BCUT2D eigenvalue weighted by Crippen LogP contribution is -2.27. The fraction of sp³-hybridized carbons (Fsp3) is 0.647. The topological polar surface area (TPSA) is 24.5 Å². The molecule has 0 atom stereocenters. The van der Waals surface area contributed by atoms with Gasteiger partial charge in [-0.15, -0.1) is 0 Å². The van der Waals surface area contributed by atoms with Crippen LogP contribution in [0, 0.1) is 5.92 Å². The summed E-state index contributed by atoms with van der Waals surface area (Å²) in [6, 6.07) is 6.58. The molecular formula is C17H27ClN2O. The minimum Gasteiger partial charge on any atom is -0.379 e. The third-order valence-electron chi connectivity index (χ3n) is 3.78. The molecule has 0 aromatic heterocycles. The Balaban J connectivity index is 1.89. The Morgan fingerprint density at radius 2 is 2.14 bits per heavy atom. The minimum absolute atomic E-state index is 0.473. The van der Waals surface area contributed by atoms with E-state index >= 15 is 0 Å². The Kier molecular flexibility index (Phi) is 6.34. The molecule has 1 fully saturated rings. The lowest BCUT2D eigenvalue weighted by molar-refractivity contribution is 0.131. The Bertz CT molecular complexity index is 446. The predicted molar refractivity (Wildman–Crippen MR) is 90.2 cm³/mol. The summed E-state index contributed by atoms with van der Waals surface area (Å²) in [5, 5.41) is 4.25. The van der Waals surface area contributed by atoms with Gasteiger partial charge in [-0.1, -0.05) is 31.5 Å². The van der Waals surface area contributed by atoms with Crippen LogP contribution >= 0.6 is 11.6 Å². The van der Waals surface area contributed by atoms with Crippen molar-refractivity contribution in [1.29, 1.82) is 0 Å². The second-order valence-electron chi connectivity index (χ2n) is 6.25. The molecule has 4 heteroatoms. The first-order chi connectivity index (χ1) is 10.1. The molecule has 0 bridgehead atoms. The van der Waals surface area contributed by atoms with Gasteiger partial charge in [0.05, 0.1) is 6.61 Å². The first kappa shape index (κ1) is 16.6. The van der Waals surface area contributed by atoms with E-state index in [1.54, 1.807) is 0 Å². The highest BCUT2D eigenvalue weighted by molar-refractivity contribution is 6.30. The normalized spacial score (nSPS) is 14.7. The van der Waals surface area contributed by atoms with Gasteiger partial charge in [-0.3, -0.25) is 0 Å². The molecule has 2 rings (SSSR count). The molecule has 0 heterocycles. The maximum absolute atomic E-state index is 6.16. The van der Waals surface area contributed by atoms with Crippen LogP contribution in [0.4, 0.5) is 5.69 Å². The van der Waals surface area contributed by atoms with Crippen LogP contribution in [0.5, 0.6) is 0 Å². The van der Waals surface area contributed by atoms with E-state index in [2.05, 4.69) is 37.2 Å². The molecule has 1 aromatic rings. The second kappa shape index (κ2) is 8.02. The zero-order valence-corrected chi connectivity index (χ0v) is 14.1. The van der Waals surface area contributed by atoms with Crippen molar-refractivity contribution in [2.45, 2.75) is 39.3 Å². The van der Waals surface area contributed by atoms with Crippen LogP contribution in [0.2, 0.25) is 5.02 Å². The van der Waals surface area contributed by atoms with E-state index in [0.717, 1.165) is 37.2 Å². The standard InChI is InChI=1S/C17H27ClN2O/c1-13(2)19-11-15-6-7-16(18)10-17(15)20(3)8-9-21-12-14-4-5-14/h6-7,10,13-14,19H,4-5,8-9,11-12H2,1-3H3. The van der Waals surface area contributed by atoms with Crippen LogP contribution < -0.4 is 10.2 Å². The van der Waals surface area contributed by atoms with Gasteiger partial charge in [0.25, 0.3) is 0 Å². The molecule has 3 nitrogen and oxygen atoms in total. The molecule has 1 aromatic carbocycles. The summed E-state index contributed by atoms with van der Waals surface area (Å²) in [7, 11) is 2.10. The monoisotopic (exact) mass is 310 g/mol. The third-order valence-corrected chi connectivity index (χ3v) is 4.02. The van der Waals surface area contributed by atoms with E-state index in [-0.39, 0.29) is 0 Å². The molecule has 1 aliphatic rings. The number of rotatable bonds is 9. The molecule has 1 saturated carbocycles. The van der Waals surface area contributed by atoms with Crippen molar-refractivity contribution in [2.24, 2.45) is 5.92 Å². The van der Waals surface area contributed by atoms with Crippen molar-refractivity contribution < 1.29 is 4.74 Å². The Labute approximate surface area is 133 Å². The summed E-state index contributed by atoms with van der Waals surface area (Å²) in [6.45, 7) is 7.76. The lowest BCUT2D eigenvalue weighted by atomic mass is 10.1. The number of hydrogen-bond donors (Lipinski definition) is 1. The maximum atomic E-state index is 6.16. The van der Waals surface area contributed by atoms with Gasteiger partial charge in [-0.25, -0.2) is 0 Å². The van der Waals surface area contributed by atoms with Gasteiger partial charge < -0.3 is 15.0 Å². The Hall–Kier alpha value is -0.770. The molecule has 0 unspecified atom stereocenters. The summed E-state index contributed by atoms with van der Waals surface area (Å²) >= 11 is 6.16. The SMILES string of the molecule is CC(C)NCc1ccc(Cl)cc1N(C)CCOCC1CC1. The van der Waals surface area contributed by atoms with Crippen LogP contribution in [0.1, 0.15) is 32.3 Å². The highest BCUT2D eigenvalue weighted by Gasteiger charge is 2.21. The van der Waals surface area contributed by atoms with Crippen molar-refractivity contribution in [3.63, 3.8) is 0 Å². The molecule has 1 N–H and O–H groups in total. The van der Waals surface area contributed by atoms with Crippen molar-refractivity contribution in [2.75, 3.05) is 31.7 Å². The fourth-order valence-electron chi connectivity index (χ4n) is 2.21. The van der Waals surface area contributed by atoms with Gasteiger partial charge in [0.15, 0.2) is 0 Å². The number of halogens is 1. The molecule has 0 spiro atoms. The van der Waals surface area contributed by atoms with Gasteiger partial charge in [0.2, 0.25) is 0 Å². The smallest absolute Gasteiger partial charge is 0.0641 e. The van der Waals surface area contributed by atoms with Crippen molar-refractivity contribution in [3.05, 3.63) is 28.8 Å². The zero-order chi connectivity index (χ0) is 15.2. The molecule has 0 saturated heterocycles. The summed E-state index contributed by atoms with van der Waals surface area (Å²) in [5.41, 5.74) is 2.46. The average Bonchev–Trinajstić information content (AvgIpc) is 3.26. The van der Waals surface area contributed by atoms with Crippen molar-refractivity contribution >= 4 is 17.3 Å². The minimum atomic E-state index is 0.473. The predicted octanol–water partition coefficient (Wildman–Crippen LogP) is 3.70. The number of ether oxygens (including phenoxy) is 1. The third kappa shape index (κ3) is 5.85. The van der Waals surface area contributed by atoms with Crippen LogP contribution in [0.15, 0.2) is 18.2 Å². The number of likely N-dealkylation sites (N-methyl/N-ethyl adjacent to an activating group) is 1. The van der Waals surface area contributed by atoms with E-state index in [4.69, 9.17) is 16.3 Å². The van der Waals surface area contributed by atoms with Gasteiger partial charge in [-0.05, 0) is 36.5 Å². The van der Waals surface area contributed by atoms with Gasteiger partial charge in [0, 0.05) is 43.5 Å². The van der Waals surface area contributed by atoms with E-state index in [0.29, 0.717) is 6.04 Å². The van der Waals surface area contributed by atoms with E-state index in [1.165, 1.54) is 24.1 Å². The highest BCUT2D eigenvalue weighted by atomic mass is 35.5. The van der Waals surface area contributed by atoms with Crippen LogP contribution in [0.25, 0.3) is 0 Å². The van der Waals surface area contributed by atoms with Crippen LogP contribution in [0.3, 0.4) is 0 Å². The summed E-state index contributed by atoms with van der Waals surface area (Å²) in [6.07, 6.45) is 2.68. The fourth-order valence-corrected chi connectivity index (χ4v) is 2.38. The van der Waals surface area contributed by atoms with E-state index in [9.17, 15) is 0 Å². The summed E-state index contributed by atoms with van der Waals surface area (Å²) < 4.78 is 5.73. The van der Waals surface area contributed by atoms with Crippen LogP contribution in [-0.2, 0) is 11.3 Å². The number of nitrogens with zero attached hydrogens (tertiary/aromatic N) is 1. The number of hydrogen-bond acceptors (Lipinski definition) is 3. The Morgan fingerprint density at radius 1 is 1.38 bits per heavy atom. The van der Waals surface area contributed by atoms with Crippen LogP contribution in [-0.4, -0.2) is 32.8 Å². The molecule has 0 radical (unpaired) electrons. The van der Waals surface area contributed by atoms with E-state index in [1.807, 2.05) is 12.1 Å². The molecular weight excluding hydrogens is 284 g/mol. The number of benzene rings is 1. The first-order valence-corrected chi connectivity index (χ1v) is 8.24. The Morgan fingerprint density at radius 3 is 2.81 bits per heavy atom. The summed E-state index contributed by atoms with van der Waals surface area (Å²) in [4.78, 5) is 2.23. The largest absolute Gasteiger partial charge is 0.379 e. The molecule has 0 amide bonds. The molecule has 118 valence electrons. The average molecular weight is 311 g/mol. The van der Waals surface area contributed by atoms with E-state index < -0.39 is 0 Å². The highest BCUT2D eigenvalue weighted by Crippen LogP contribution is 2.29. The van der Waals surface area contributed by atoms with Gasteiger partial charge in [0.1, 0.15) is 0 Å². The van der Waals surface area contributed by atoms with Crippen molar-refractivity contribution in [3.8, 4) is 0 Å². The number of anilines is 1. The van der Waals surface area contributed by atoms with Gasteiger partial charge in [-0.2, -0.15) is 0 Å². The molecule has 1 aliphatic carbocycles.